The van der Waals surface area contributed by atoms with Gasteiger partial charge in [0.25, 0.3) is 11.5 Å². The molecule has 14 nitrogen and oxygen atoms in total. The Morgan fingerprint density at radius 1 is 1.08 bits per heavy atom. The number of halogens is 2. The molecule has 0 aliphatic carbocycles. The normalized spacial score (nSPS) is 24.6. The lowest BCUT2D eigenvalue weighted by atomic mass is 10.1. The molecule has 36 heavy (non-hydrogen) atoms. The van der Waals surface area contributed by atoms with Crippen LogP contribution in [0, 0.1) is 6.92 Å². The summed E-state index contributed by atoms with van der Waals surface area (Å²) in [7, 11) is -10.8. The summed E-state index contributed by atoms with van der Waals surface area (Å²) in [6.07, 6.45) is -6.25. The Morgan fingerprint density at radius 3 is 2.28 bits per heavy atom. The molecule has 0 bridgehead atoms. The lowest BCUT2D eigenvalue weighted by Gasteiger charge is -2.22. The van der Waals surface area contributed by atoms with Crippen molar-refractivity contribution in [1.82, 2.24) is 9.13 Å². The zero-order valence-corrected chi connectivity index (χ0v) is 20.1. The van der Waals surface area contributed by atoms with Crippen molar-refractivity contribution < 1.29 is 56.4 Å². The van der Waals surface area contributed by atoms with Gasteiger partial charge in [-0.25, -0.2) is 13.9 Å². The number of ether oxygens (including phenoxy) is 1. The van der Waals surface area contributed by atoms with Crippen molar-refractivity contribution in [3.63, 3.8) is 0 Å². The topological polar surface area (TPSA) is 207 Å². The third-order valence-electron chi connectivity index (χ3n) is 5.14. The number of hydrogen-bond donors (Lipinski definition) is 5. The van der Waals surface area contributed by atoms with Gasteiger partial charge in [-0.1, -0.05) is 30.3 Å². The first-order valence-corrected chi connectivity index (χ1v) is 13.1. The average molecular weight is 558 g/mol. The van der Waals surface area contributed by atoms with Gasteiger partial charge in [-0.15, -0.1) is 0 Å². The van der Waals surface area contributed by atoms with Gasteiger partial charge in [0.1, 0.15) is 18.3 Å². The van der Waals surface area contributed by atoms with Crippen molar-refractivity contribution in [2.45, 2.75) is 43.9 Å². The standard InChI is InChI=1S/C18H22F2N2O12P2/c1-10-7-21(17(26)22(15(10)25)9-18(19,20)11-5-3-2-4-6-11)16-14(24)13(23)12(33-16)8-32-36(30,31)34-35(27,28)29/h2-7,12-14,16,23-24H,8-9H2,1H3,(H,30,31)(H2,27,28,29)/t12-,13+,14?,16-/m1/s1. The van der Waals surface area contributed by atoms with Crippen LogP contribution in [0.25, 0.3) is 0 Å². The van der Waals surface area contributed by atoms with Crippen molar-refractivity contribution in [3.05, 3.63) is 68.5 Å². The van der Waals surface area contributed by atoms with Crippen molar-refractivity contribution >= 4 is 15.6 Å². The number of hydrogen-bond acceptors (Lipinski definition) is 9. The van der Waals surface area contributed by atoms with Crippen LogP contribution < -0.4 is 11.2 Å². The Bertz CT molecular complexity index is 1310. The summed E-state index contributed by atoms with van der Waals surface area (Å²) >= 11 is 0. The van der Waals surface area contributed by atoms with Crippen LogP contribution in [0.2, 0.25) is 0 Å². The maximum Gasteiger partial charge on any atom is 0.481 e. The summed E-state index contributed by atoms with van der Waals surface area (Å²) < 4.78 is 66.1. The first-order valence-electron chi connectivity index (χ1n) is 10.0. The largest absolute Gasteiger partial charge is 0.481 e. The summed E-state index contributed by atoms with van der Waals surface area (Å²) in [6.45, 7) is -1.17. The van der Waals surface area contributed by atoms with Gasteiger partial charge in [0, 0.05) is 17.3 Å². The molecule has 1 saturated heterocycles. The number of nitrogens with zero attached hydrogens (tertiary/aromatic N) is 2. The minimum atomic E-state index is -5.43. The Morgan fingerprint density at radius 2 is 1.69 bits per heavy atom. The van der Waals surface area contributed by atoms with Gasteiger partial charge in [0.15, 0.2) is 6.23 Å². The van der Waals surface area contributed by atoms with Crippen LogP contribution >= 0.6 is 15.6 Å². The SMILES string of the molecule is Cc1cn([C@@H]2O[C@H](COP(=O)(O)OP(=O)(O)O)[C@H](O)C2O)c(=O)n(CC(F)(F)c2ccccc2)c1=O. The number of benzene rings is 1. The molecule has 1 aromatic carbocycles. The summed E-state index contributed by atoms with van der Waals surface area (Å²) in [6, 6.07) is 6.43. The molecule has 2 heterocycles. The van der Waals surface area contributed by atoms with Gasteiger partial charge >= 0.3 is 21.3 Å². The Hall–Kier alpha value is -2.10. The van der Waals surface area contributed by atoms with Crippen LogP contribution in [-0.2, 0) is 35.2 Å². The quantitative estimate of drug-likeness (QED) is 0.257. The molecule has 1 fully saturated rings. The minimum Gasteiger partial charge on any atom is -0.387 e. The van der Waals surface area contributed by atoms with E-state index in [1.54, 1.807) is 0 Å². The summed E-state index contributed by atoms with van der Waals surface area (Å²) in [5.41, 5.74) is -2.98. The lowest BCUT2D eigenvalue weighted by Crippen LogP contribution is -2.46. The summed E-state index contributed by atoms with van der Waals surface area (Å²) in [5.74, 6) is -3.64. The first-order chi connectivity index (χ1) is 16.5. The van der Waals surface area contributed by atoms with Crippen LogP contribution in [0.3, 0.4) is 0 Å². The van der Waals surface area contributed by atoms with E-state index in [0.29, 0.717) is 4.57 Å². The van der Waals surface area contributed by atoms with Crippen molar-refractivity contribution in [3.8, 4) is 0 Å². The number of alkyl halides is 2. The molecule has 18 heteroatoms. The third-order valence-corrected chi connectivity index (χ3v) is 7.29. The highest BCUT2D eigenvalue weighted by atomic mass is 31.3. The van der Waals surface area contributed by atoms with E-state index in [2.05, 4.69) is 8.83 Å². The number of aliphatic hydroxyl groups is 2. The van der Waals surface area contributed by atoms with E-state index in [9.17, 15) is 42.6 Å². The summed E-state index contributed by atoms with van der Waals surface area (Å²) in [5, 5.41) is 20.6. The van der Waals surface area contributed by atoms with Gasteiger partial charge in [0.05, 0.1) is 13.2 Å². The molecule has 0 radical (unpaired) electrons. The molecule has 5 N–H and O–H groups in total. The zero-order chi connectivity index (χ0) is 27.1. The monoisotopic (exact) mass is 558 g/mol. The number of aryl methyl sites for hydroxylation is 1. The molecule has 3 rings (SSSR count). The van der Waals surface area contributed by atoms with E-state index in [1.807, 2.05) is 0 Å². The molecular formula is C18H22F2N2O12P2. The highest BCUT2D eigenvalue weighted by Gasteiger charge is 2.46. The van der Waals surface area contributed by atoms with Crippen LogP contribution in [0.5, 0.6) is 0 Å². The van der Waals surface area contributed by atoms with Crippen molar-refractivity contribution in [1.29, 1.82) is 0 Å². The molecule has 200 valence electrons. The second-order valence-corrected chi connectivity index (χ2v) is 10.7. The molecule has 0 amide bonds. The average Bonchev–Trinajstić information content (AvgIpc) is 3.05. The number of phosphoric ester groups is 1. The van der Waals surface area contributed by atoms with E-state index in [0.717, 1.165) is 18.3 Å². The van der Waals surface area contributed by atoms with Gasteiger partial charge in [-0.05, 0) is 6.92 Å². The van der Waals surface area contributed by atoms with Gasteiger partial charge in [0.2, 0.25) is 0 Å². The molecule has 1 aliphatic rings. The molecular weight excluding hydrogens is 536 g/mol. The molecule has 2 aromatic rings. The van der Waals surface area contributed by atoms with Gasteiger partial charge in [-0.3, -0.25) is 18.5 Å². The lowest BCUT2D eigenvalue weighted by molar-refractivity contribution is -0.0570. The predicted molar refractivity (Wildman–Crippen MR) is 115 cm³/mol. The van der Waals surface area contributed by atoms with E-state index >= 15 is 0 Å². The fraction of sp³-hybridized carbons (Fsp3) is 0.444. The molecule has 2 unspecified atom stereocenters. The van der Waals surface area contributed by atoms with Crippen LogP contribution in [0.4, 0.5) is 8.78 Å². The van der Waals surface area contributed by atoms with Gasteiger partial charge in [-0.2, -0.15) is 13.1 Å². The number of aromatic nitrogens is 2. The minimum absolute atomic E-state index is 0.182. The molecule has 0 saturated carbocycles. The van der Waals surface area contributed by atoms with Crippen molar-refractivity contribution in [2.75, 3.05) is 6.61 Å². The molecule has 1 aliphatic heterocycles. The third kappa shape index (κ3) is 6.42. The highest BCUT2D eigenvalue weighted by molar-refractivity contribution is 7.60. The van der Waals surface area contributed by atoms with E-state index in [4.69, 9.17) is 14.5 Å². The molecule has 1 aromatic heterocycles. The van der Waals surface area contributed by atoms with E-state index in [1.165, 1.54) is 25.1 Å². The molecule has 5 atom stereocenters. The van der Waals surface area contributed by atoms with Crippen LogP contribution in [-0.4, -0.2) is 58.9 Å². The second-order valence-electron chi connectivity index (χ2n) is 7.85. The van der Waals surface area contributed by atoms with Crippen LogP contribution in [0.15, 0.2) is 46.1 Å². The van der Waals surface area contributed by atoms with Crippen LogP contribution in [0.1, 0.15) is 17.4 Å². The number of phosphoric acid groups is 2. The fourth-order valence-electron chi connectivity index (χ4n) is 3.47. The Labute approximate surface area is 200 Å². The smallest absolute Gasteiger partial charge is 0.387 e. The summed E-state index contributed by atoms with van der Waals surface area (Å²) in [4.78, 5) is 52.1. The Balaban J connectivity index is 1.88. The van der Waals surface area contributed by atoms with E-state index < -0.39 is 76.1 Å². The van der Waals surface area contributed by atoms with Gasteiger partial charge < -0.3 is 29.6 Å². The van der Waals surface area contributed by atoms with Crippen molar-refractivity contribution in [2.24, 2.45) is 0 Å². The first kappa shape index (κ1) is 28.5. The predicted octanol–water partition coefficient (Wildman–Crippen LogP) is -0.0441. The molecule has 0 spiro atoms. The maximum atomic E-state index is 14.8. The number of aliphatic hydroxyl groups excluding tert-OH is 2. The fourth-order valence-corrected chi connectivity index (χ4v) is 5.07. The highest BCUT2D eigenvalue weighted by Crippen LogP contribution is 2.57. The second kappa shape index (κ2) is 10.3. The maximum absolute atomic E-state index is 14.8. The van der Waals surface area contributed by atoms with E-state index in [-0.39, 0.29) is 10.1 Å². The zero-order valence-electron chi connectivity index (χ0n) is 18.3. The Kier molecular flexibility index (Phi) is 8.18. The number of rotatable bonds is 9.